The van der Waals surface area contributed by atoms with Crippen LogP contribution in [-0.2, 0) is 4.74 Å². The minimum atomic E-state index is -1.21. The van der Waals surface area contributed by atoms with Gasteiger partial charge in [0.25, 0.3) is 6.02 Å². The molecule has 32 heavy (non-hydrogen) atoms. The first-order valence-electron chi connectivity index (χ1n) is 10.2. The summed E-state index contributed by atoms with van der Waals surface area (Å²) in [5.41, 5.74) is 1.74. The van der Waals surface area contributed by atoms with Crippen molar-refractivity contribution in [2.75, 3.05) is 29.9 Å². The maximum atomic E-state index is 14.4. The zero-order chi connectivity index (χ0) is 22.2. The summed E-state index contributed by atoms with van der Waals surface area (Å²) < 4.78 is 48.0. The summed E-state index contributed by atoms with van der Waals surface area (Å²) >= 11 is 0. The molecule has 0 saturated carbocycles. The van der Waals surface area contributed by atoms with Crippen LogP contribution in [0.1, 0.15) is 18.0 Å². The number of benzene rings is 1. The van der Waals surface area contributed by atoms with E-state index in [1.165, 1.54) is 0 Å². The van der Waals surface area contributed by atoms with E-state index in [2.05, 4.69) is 20.3 Å². The van der Waals surface area contributed by atoms with E-state index < -0.39 is 30.0 Å². The van der Waals surface area contributed by atoms with Gasteiger partial charge >= 0.3 is 0 Å². The van der Waals surface area contributed by atoms with Gasteiger partial charge in [0.1, 0.15) is 41.9 Å². The second-order valence-electron chi connectivity index (χ2n) is 7.80. The number of hydrogen-bond acceptors (Lipinski definition) is 7. The molecule has 3 atom stereocenters. The van der Waals surface area contributed by atoms with Gasteiger partial charge in [0, 0.05) is 18.2 Å². The number of aliphatic imine (C=N–C) groups is 1. The number of nitrogens with one attached hydrogen (secondary N) is 1. The van der Waals surface area contributed by atoms with E-state index in [4.69, 9.17) is 4.74 Å². The Labute approximate surface area is 181 Å². The van der Waals surface area contributed by atoms with Crippen molar-refractivity contribution in [3.63, 3.8) is 0 Å². The molecule has 10 heteroatoms. The highest BCUT2D eigenvalue weighted by Crippen LogP contribution is 2.38. The van der Waals surface area contributed by atoms with Crippen LogP contribution < -0.4 is 10.2 Å². The third-order valence-corrected chi connectivity index (χ3v) is 5.53. The number of anilines is 2. The van der Waals surface area contributed by atoms with E-state index in [1.807, 2.05) is 0 Å². The Bertz CT molecular complexity index is 1190. The van der Waals surface area contributed by atoms with E-state index in [1.54, 1.807) is 29.3 Å². The summed E-state index contributed by atoms with van der Waals surface area (Å²) in [4.78, 5) is 14.7. The van der Waals surface area contributed by atoms with E-state index in [9.17, 15) is 18.3 Å². The number of aliphatic hydroxyl groups excluding tert-OH is 1. The molecule has 2 N–H and O–H groups in total. The van der Waals surface area contributed by atoms with Crippen LogP contribution in [0.15, 0.2) is 47.6 Å². The smallest absolute Gasteiger partial charge is 0.289 e. The lowest BCUT2D eigenvalue weighted by atomic mass is 10.0. The standard InChI is InChI=1S/C22H20F3N5O2/c23-12-1-2-16(25)15(7-12)19-8-13(24)10-30(19)20-4-3-17-21(29-20)18(5-6-26-17)28-22-27-9-14(31)11-32-22/h1-7,13-14,19,31H,8-11H2,(H,26,27,28)/t13-,14-,19?/m0/s1. The second-order valence-corrected chi connectivity index (χ2v) is 7.80. The number of halogens is 3. The van der Waals surface area contributed by atoms with Gasteiger partial charge in [-0.05, 0) is 36.4 Å². The Morgan fingerprint density at radius 1 is 1.16 bits per heavy atom. The van der Waals surface area contributed by atoms with Crippen molar-refractivity contribution in [1.82, 2.24) is 9.97 Å². The average molecular weight is 443 g/mol. The predicted molar refractivity (Wildman–Crippen MR) is 113 cm³/mol. The molecule has 0 aliphatic carbocycles. The molecule has 0 bridgehead atoms. The van der Waals surface area contributed by atoms with Crippen LogP contribution in [0.25, 0.3) is 11.0 Å². The minimum absolute atomic E-state index is 0.00978. The van der Waals surface area contributed by atoms with Crippen LogP contribution in [0.2, 0.25) is 0 Å². The Hall–Kier alpha value is -3.40. The van der Waals surface area contributed by atoms with Crippen molar-refractivity contribution in [1.29, 1.82) is 0 Å². The maximum absolute atomic E-state index is 14.4. The summed E-state index contributed by atoms with van der Waals surface area (Å²) in [5.74, 6) is -0.747. The number of aromatic nitrogens is 2. The fourth-order valence-corrected chi connectivity index (χ4v) is 4.03. The summed E-state index contributed by atoms with van der Waals surface area (Å²) in [6.45, 7) is 0.354. The fraction of sp³-hybridized carbons (Fsp3) is 0.318. The van der Waals surface area contributed by atoms with Crippen LogP contribution in [-0.4, -0.2) is 53.1 Å². The third-order valence-electron chi connectivity index (χ3n) is 5.53. The minimum Gasteiger partial charge on any atom is -0.462 e. The average Bonchev–Trinajstić information content (AvgIpc) is 3.18. The second kappa shape index (κ2) is 8.27. The van der Waals surface area contributed by atoms with E-state index in [0.717, 1.165) is 18.2 Å². The Balaban J connectivity index is 1.51. The molecule has 5 rings (SSSR count). The lowest BCUT2D eigenvalue weighted by Gasteiger charge is -2.26. The van der Waals surface area contributed by atoms with Crippen LogP contribution in [0.3, 0.4) is 0 Å². The molecule has 3 aromatic rings. The van der Waals surface area contributed by atoms with E-state index in [0.29, 0.717) is 22.5 Å². The molecule has 2 aliphatic heterocycles. The molecule has 2 aliphatic rings. The van der Waals surface area contributed by atoms with Crippen molar-refractivity contribution in [2.45, 2.75) is 24.7 Å². The molecule has 2 aromatic heterocycles. The highest BCUT2D eigenvalue weighted by Gasteiger charge is 2.36. The van der Waals surface area contributed by atoms with Crippen molar-refractivity contribution < 1.29 is 23.0 Å². The van der Waals surface area contributed by atoms with E-state index in [-0.39, 0.29) is 37.7 Å². The number of fused-ring (bicyclic) bond motifs is 1. The molecule has 0 radical (unpaired) electrons. The molecular weight excluding hydrogens is 423 g/mol. The largest absolute Gasteiger partial charge is 0.462 e. The zero-order valence-corrected chi connectivity index (χ0v) is 16.9. The molecule has 166 valence electrons. The summed E-state index contributed by atoms with van der Waals surface area (Å²) in [5, 5.41) is 12.6. The molecule has 0 amide bonds. The van der Waals surface area contributed by atoms with Crippen molar-refractivity contribution in [2.24, 2.45) is 4.99 Å². The molecule has 4 heterocycles. The maximum Gasteiger partial charge on any atom is 0.289 e. The number of ether oxygens (including phenoxy) is 1. The number of amidine groups is 1. The van der Waals surface area contributed by atoms with Gasteiger partial charge in [-0.3, -0.25) is 4.98 Å². The fourth-order valence-electron chi connectivity index (χ4n) is 4.03. The predicted octanol–water partition coefficient (Wildman–Crippen LogP) is 3.36. The molecule has 1 saturated heterocycles. The Morgan fingerprint density at radius 2 is 2.03 bits per heavy atom. The first-order chi connectivity index (χ1) is 15.5. The summed E-state index contributed by atoms with van der Waals surface area (Å²) in [7, 11) is 0. The van der Waals surface area contributed by atoms with Crippen molar-refractivity contribution in [3.8, 4) is 0 Å². The number of pyridine rings is 2. The van der Waals surface area contributed by atoms with Gasteiger partial charge < -0.3 is 20.1 Å². The van der Waals surface area contributed by atoms with Crippen LogP contribution in [0.4, 0.5) is 24.7 Å². The summed E-state index contributed by atoms with van der Waals surface area (Å²) in [6.07, 6.45) is -0.222. The van der Waals surface area contributed by atoms with Crippen LogP contribution >= 0.6 is 0 Å². The van der Waals surface area contributed by atoms with Gasteiger partial charge in [-0.1, -0.05) is 0 Å². The van der Waals surface area contributed by atoms with Crippen LogP contribution in [0.5, 0.6) is 0 Å². The number of alkyl halides is 1. The lowest BCUT2D eigenvalue weighted by Crippen LogP contribution is -2.31. The van der Waals surface area contributed by atoms with Gasteiger partial charge in [-0.25, -0.2) is 23.1 Å². The first-order valence-corrected chi connectivity index (χ1v) is 10.2. The van der Waals surface area contributed by atoms with Gasteiger partial charge in [0.05, 0.1) is 30.3 Å². The number of hydrogen-bond donors (Lipinski definition) is 2. The normalized spacial score (nSPS) is 23.2. The number of nitrogens with zero attached hydrogens (tertiary/aromatic N) is 4. The molecule has 1 unspecified atom stereocenters. The number of rotatable bonds is 3. The van der Waals surface area contributed by atoms with Gasteiger partial charge in [-0.15, -0.1) is 0 Å². The van der Waals surface area contributed by atoms with Gasteiger partial charge in [-0.2, -0.15) is 0 Å². The third kappa shape index (κ3) is 3.93. The SMILES string of the molecule is O[C@H]1CN=C(Nc2ccnc3ccc(N4C[C@@H](F)CC4c4cc(F)ccc4F)nc23)OC1. The summed E-state index contributed by atoms with van der Waals surface area (Å²) in [6, 6.07) is 7.88. The molecule has 1 aromatic carbocycles. The zero-order valence-electron chi connectivity index (χ0n) is 16.9. The van der Waals surface area contributed by atoms with Crippen molar-refractivity contribution >= 4 is 28.6 Å². The highest BCUT2D eigenvalue weighted by atomic mass is 19.1. The van der Waals surface area contributed by atoms with E-state index >= 15 is 0 Å². The molecule has 7 nitrogen and oxygen atoms in total. The quantitative estimate of drug-likeness (QED) is 0.646. The number of aliphatic hydroxyl groups is 1. The Kier molecular flexibility index (Phi) is 5.30. The monoisotopic (exact) mass is 443 g/mol. The van der Waals surface area contributed by atoms with Gasteiger partial charge in [0.15, 0.2) is 0 Å². The van der Waals surface area contributed by atoms with Gasteiger partial charge in [0.2, 0.25) is 0 Å². The Morgan fingerprint density at radius 3 is 2.84 bits per heavy atom. The lowest BCUT2D eigenvalue weighted by molar-refractivity contribution is 0.0950. The topological polar surface area (TPSA) is 82.9 Å². The van der Waals surface area contributed by atoms with Crippen molar-refractivity contribution in [3.05, 3.63) is 59.8 Å². The van der Waals surface area contributed by atoms with Crippen LogP contribution in [0, 0.1) is 11.6 Å². The first kappa shape index (κ1) is 20.5. The molecule has 1 fully saturated rings. The molecular formula is C22H20F3N5O2. The molecule has 0 spiro atoms. The highest BCUT2D eigenvalue weighted by molar-refractivity contribution is 5.98.